The van der Waals surface area contributed by atoms with E-state index in [9.17, 15) is 49.9 Å². The smallest absolute Gasteiger partial charge is 0.311 e. The maximum Gasteiger partial charge on any atom is 0.311 e. The molecule has 3 saturated heterocycles. The molecule has 20 atom stereocenters. The topological polar surface area (TPSA) is 283 Å². The van der Waals surface area contributed by atoms with Crippen LogP contribution in [0.25, 0.3) is 0 Å². The predicted molar refractivity (Wildman–Crippen MR) is 262 cm³/mol. The van der Waals surface area contributed by atoms with Crippen LogP contribution in [0.2, 0.25) is 0 Å². The van der Waals surface area contributed by atoms with E-state index in [1.165, 1.54) is 56.1 Å². The van der Waals surface area contributed by atoms with Crippen molar-refractivity contribution in [1.82, 2.24) is 24.8 Å². The van der Waals surface area contributed by atoms with Gasteiger partial charge in [-0.3, -0.25) is 14.9 Å². The molecule has 416 valence electrons. The van der Waals surface area contributed by atoms with Gasteiger partial charge in [-0.05, 0) is 100 Å². The van der Waals surface area contributed by atoms with Crippen LogP contribution in [0, 0.1) is 27.9 Å². The number of non-ortho nitro benzene ring substituents is 1. The Hall–Kier alpha value is -3.56. The highest BCUT2D eigenvalue weighted by molar-refractivity contribution is 5.73. The Bertz CT molecular complexity index is 2070. The van der Waals surface area contributed by atoms with Gasteiger partial charge in [0, 0.05) is 69.4 Å². The summed E-state index contributed by atoms with van der Waals surface area (Å²) in [6.45, 7) is 16.3. The molecule has 4 heterocycles. The van der Waals surface area contributed by atoms with E-state index in [2.05, 4.69) is 10.3 Å². The summed E-state index contributed by atoms with van der Waals surface area (Å²) in [5.41, 5.74) is -4.32. The highest BCUT2D eigenvalue weighted by Crippen LogP contribution is 2.40. The summed E-state index contributed by atoms with van der Waals surface area (Å²) in [7, 11) is 5.09. The lowest BCUT2D eigenvalue weighted by Crippen LogP contribution is -2.61. The van der Waals surface area contributed by atoms with Gasteiger partial charge in [0.2, 0.25) is 0 Å². The summed E-state index contributed by atoms with van der Waals surface area (Å²) in [5, 5.41) is 89.4. The Labute approximate surface area is 428 Å². The van der Waals surface area contributed by atoms with Crippen LogP contribution in [-0.4, -0.2) is 210 Å². The number of hydrogen-bond acceptors (Lipinski definition) is 20. The first-order valence-corrected chi connectivity index (χ1v) is 25.3. The van der Waals surface area contributed by atoms with E-state index >= 15 is 0 Å². The van der Waals surface area contributed by atoms with Crippen molar-refractivity contribution in [3.63, 3.8) is 0 Å². The van der Waals surface area contributed by atoms with Crippen LogP contribution >= 0.6 is 0 Å². The van der Waals surface area contributed by atoms with E-state index in [0.29, 0.717) is 31.6 Å². The van der Waals surface area contributed by atoms with Crippen LogP contribution in [0.4, 0.5) is 10.1 Å². The lowest BCUT2D eigenvalue weighted by molar-refractivity contribution is -0.384. The molecule has 23 heteroatoms. The van der Waals surface area contributed by atoms with Crippen molar-refractivity contribution >= 4 is 11.7 Å². The van der Waals surface area contributed by atoms with E-state index < -0.39 is 132 Å². The zero-order chi connectivity index (χ0) is 54.5. The Balaban J connectivity index is 1.39. The van der Waals surface area contributed by atoms with Crippen molar-refractivity contribution in [1.29, 1.82) is 0 Å². The number of carbonyl (C=O) groups is 1. The summed E-state index contributed by atoms with van der Waals surface area (Å²) < 4.78 is 59.0. The van der Waals surface area contributed by atoms with Gasteiger partial charge in [-0.15, -0.1) is 5.10 Å². The zero-order valence-electron chi connectivity index (χ0n) is 44.7. The molecule has 0 unspecified atom stereocenters. The minimum Gasteiger partial charge on any atom is -0.491 e. The third-order valence-electron chi connectivity index (χ3n) is 15.6. The largest absolute Gasteiger partial charge is 0.491 e. The number of benzene rings is 1. The number of alkyl halides is 1. The number of aliphatic hydroxyl groups is 6. The van der Waals surface area contributed by atoms with Crippen LogP contribution in [0.5, 0.6) is 5.75 Å². The first kappa shape index (κ1) is 60.3. The maximum atomic E-state index is 14.4. The maximum absolute atomic E-state index is 14.4. The Morgan fingerprint density at radius 3 is 2.27 bits per heavy atom. The first-order chi connectivity index (χ1) is 34.0. The van der Waals surface area contributed by atoms with Crippen molar-refractivity contribution in [3.8, 4) is 5.75 Å². The normalized spacial score (nSPS) is 39.5. The number of nitro groups is 1. The number of cyclic esters (lactones) is 1. The molecule has 0 aliphatic carbocycles. The van der Waals surface area contributed by atoms with Crippen LogP contribution in [0.1, 0.15) is 100 Å². The zero-order valence-corrected chi connectivity index (χ0v) is 44.7. The fourth-order valence-corrected chi connectivity index (χ4v) is 10.6. The summed E-state index contributed by atoms with van der Waals surface area (Å²) >= 11 is 0. The molecule has 6 N–H and O–H groups in total. The summed E-state index contributed by atoms with van der Waals surface area (Å²) in [5.74, 6) is -2.74. The van der Waals surface area contributed by atoms with Gasteiger partial charge in [0.15, 0.2) is 12.6 Å². The molecule has 5 rings (SSSR count). The van der Waals surface area contributed by atoms with E-state index in [-0.39, 0.29) is 36.8 Å². The number of aromatic nitrogens is 3. The van der Waals surface area contributed by atoms with Gasteiger partial charge >= 0.3 is 5.97 Å². The Morgan fingerprint density at radius 2 is 1.66 bits per heavy atom. The highest BCUT2D eigenvalue weighted by Gasteiger charge is 2.52. The molecule has 1 aromatic carbocycles. The van der Waals surface area contributed by atoms with Crippen LogP contribution in [0.15, 0.2) is 30.5 Å². The summed E-state index contributed by atoms with van der Waals surface area (Å²) in [6.07, 6.45) is -9.60. The quantitative estimate of drug-likeness (QED) is 0.0800. The Kier molecular flexibility index (Phi) is 20.7. The standard InChI is InChI=1S/C50H83FN6O16/c1-27-21-48(8,63)45(29(3)42(72-40-22-49(9,67-13)44(61)32(6)70-40)30(4)46(62)71-33(7)50(10,64)43(60)31(5)55(12)24-27)73-47-41(59)37(20-28(2)69-47)54(11)19-18-34-25-56(53-52-34)38(23-51)39(58)26-68-36-16-14-35(15-17-36)57(65)66/h14-17,25,27-33,37-45,47,58-61,63-64H,18-24,26H2,1-13H3/t27-,28-,29+,30-,31-,32+,33-,37+,38-,39-,40+,41-,42+,43-,44+,45-,47+,48-,49-,50-/m1/s1. The third-order valence-corrected chi connectivity index (χ3v) is 15.6. The molecular formula is C50H83FN6O16. The number of carbonyl (C=O) groups excluding carboxylic acids is 1. The monoisotopic (exact) mass is 1040 g/mol. The molecule has 0 bridgehead atoms. The summed E-state index contributed by atoms with van der Waals surface area (Å²) in [4.78, 5) is 28.6. The van der Waals surface area contributed by atoms with Crippen LogP contribution < -0.4 is 4.74 Å². The molecule has 3 aliphatic heterocycles. The minimum absolute atomic E-state index is 0.0617. The number of ether oxygens (including phenoxy) is 7. The summed E-state index contributed by atoms with van der Waals surface area (Å²) in [6, 6.07) is 2.98. The van der Waals surface area contributed by atoms with Crippen molar-refractivity contribution in [3.05, 3.63) is 46.3 Å². The van der Waals surface area contributed by atoms with Gasteiger partial charge < -0.3 is 73.6 Å². The van der Waals surface area contributed by atoms with Gasteiger partial charge in [0.25, 0.3) is 5.69 Å². The number of aliphatic hydroxyl groups excluding tert-OH is 4. The van der Waals surface area contributed by atoms with E-state index in [0.717, 1.165) is 0 Å². The third kappa shape index (κ3) is 14.5. The first-order valence-electron chi connectivity index (χ1n) is 25.3. The number of methoxy groups -OCH3 is 1. The van der Waals surface area contributed by atoms with Crippen LogP contribution in [0.3, 0.4) is 0 Å². The number of likely N-dealkylation sites (N-methyl/N-ethyl adjacent to an activating group) is 2. The average Bonchev–Trinajstić information content (AvgIpc) is 3.80. The predicted octanol–water partition coefficient (Wildman–Crippen LogP) is 2.57. The number of esters is 1. The van der Waals surface area contributed by atoms with Gasteiger partial charge in [0.05, 0.1) is 52.2 Å². The second kappa shape index (κ2) is 25.1. The molecule has 3 aliphatic rings. The molecule has 0 radical (unpaired) electrons. The minimum atomic E-state index is -1.88. The number of nitrogens with zero attached hydrogens (tertiary/aromatic N) is 6. The van der Waals surface area contributed by atoms with Crippen LogP contribution in [-0.2, 0) is 39.6 Å². The molecular weight excluding hydrogens is 960 g/mol. The number of nitro benzene ring substituents is 1. The lowest BCUT2D eigenvalue weighted by Gasteiger charge is -2.49. The SMILES string of the molecule is CO[C@]1(C)C[C@H](O[C@H]2[C@H](C)[C@@H](O[C@@H]3O[C@H](C)C[C@H](N(C)CCc4cn([C@H](CF)[C@H](O)COc5ccc([N+](=O)[O-])cc5)nn4)[C@H]3O)[C@](C)(O)C[C@@H](C)CN(C)[C@H](C)[C@@H](O)[C@](C)(O)[C@@H](C)OC(=O)[C@@H]2C)O[C@@H](C)[C@@H]1O. The molecule has 1 aromatic heterocycles. The van der Waals surface area contributed by atoms with E-state index in [1.54, 1.807) is 48.6 Å². The van der Waals surface area contributed by atoms with Gasteiger partial charge in [-0.1, -0.05) is 19.1 Å². The molecule has 0 spiro atoms. The second-order valence-corrected chi connectivity index (χ2v) is 21.7. The molecule has 3 fully saturated rings. The second-order valence-electron chi connectivity index (χ2n) is 21.7. The fourth-order valence-electron chi connectivity index (χ4n) is 10.6. The van der Waals surface area contributed by atoms with E-state index in [4.69, 9.17) is 33.2 Å². The van der Waals surface area contributed by atoms with Gasteiger partial charge in [0.1, 0.15) is 61.2 Å². The fraction of sp³-hybridized carbons (Fsp3) is 0.820. The average molecular weight is 1040 g/mol. The van der Waals surface area contributed by atoms with Gasteiger partial charge in [-0.25, -0.2) is 9.07 Å². The molecule has 0 saturated carbocycles. The van der Waals surface area contributed by atoms with Crippen molar-refractivity contribution in [2.75, 3.05) is 47.6 Å². The van der Waals surface area contributed by atoms with Gasteiger partial charge in [-0.2, -0.15) is 0 Å². The molecule has 0 amide bonds. The van der Waals surface area contributed by atoms with Crippen molar-refractivity contribution < 1.29 is 77.9 Å². The lowest BCUT2D eigenvalue weighted by atomic mass is 9.77. The molecule has 2 aromatic rings. The number of rotatable bonds is 16. The van der Waals surface area contributed by atoms with Crippen molar-refractivity contribution in [2.45, 2.75) is 197 Å². The molecule has 73 heavy (non-hydrogen) atoms. The Morgan fingerprint density at radius 1 is 1.00 bits per heavy atom. The molecule has 22 nitrogen and oxygen atoms in total. The number of hydrogen-bond donors (Lipinski definition) is 6. The number of halogens is 1. The van der Waals surface area contributed by atoms with Crippen molar-refractivity contribution in [2.24, 2.45) is 17.8 Å². The van der Waals surface area contributed by atoms with E-state index in [1.807, 2.05) is 30.7 Å². The highest BCUT2D eigenvalue weighted by atomic mass is 19.1.